The second kappa shape index (κ2) is 8.52. The monoisotopic (exact) mass is 453 g/mol. The van der Waals surface area contributed by atoms with E-state index >= 15 is 0 Å². The highest BCUT2D eigenvalue weighted by Gasteiger charge is 2.35. The first kappa shape index (κ1) is 20.9. The highest BCUT2D eigenvalue weighted by Crippen LogP contribution is 2.28. The highest BCUT2D eigenvalue weighted by atomic mass is 35.5. The lowest BCUT2D eigenvalue weighted by molar-refractivity contribution is -0.00649. The van der Waals surface area contributed by atoms with Gasteiger partial charge >= 0.3 is 0 Å². The molecule has 1 aliphatic heterocycles. The van der Waals surface area contributed by atoms with Crippen molar-refractivity contribution in [2.75, 3.05) is 13.2 Å². The summed E-state index contributed by atoms with van der Waals surface area (Å²) in [7, 11) is 0. The van der Waals surface area contributed by atoms with Crippen molar-refractivity contribution >= 4 is 28.5 Å². The summed E-state index contributed by atoms with van der Waals surface area (Å²) < 4.78 is 5.90. The maximum atomic E-state index is 12.0. The molecule has 1 saturated carbocycles. The SMILES string of the molecule is C[C@@H]1C(COc2ccc(C(=O)NC3CC3)nc2)CN1Cc1cnc2cc(Cl)c(=O)[nH]c2c1. The van der Waals surface area contributed by atoms with Gasteiger partial charge in [-0.1, -0.05) is 11.6 Å². The molecule has 9 heteroatoms. The minimum atomic E-state index is -0.307. The van der Waals surface area contributed by atoms with Gasteiger partial charge in [-0.05, 0) is 49.6 Å². The topological polar surface area (TPSA) is 100 Å². The number of nitrogens with one attached hydrogen (secondary N) is 2. The van der Waals surface area contributed by atoms with Gasteiger partial charge < -0.3 is 15.0 Å². The number of aromatic nitrogens is 3. The molecule has 3 aromatic heterocycles. The van der Waals surface area contributed by atoms with E-state index in [0.717, 1.165) is 31.5 Å². The predicted octanol–water partition coefficient (Wildman–Crippen LogP) is 2.76. The Morgan fingerprint density at radius 1 is 1.28 bits per heavy atom. The largest absolute Gasteiger partial charge is 0.492 e. The van der Waals surface area contributed by atoms with E-state index in [0.29, 0.717) is 47.1 Å². The molecule has 0 bridgehead atoms. The summed E-state index contributed by atoms with van der Waals surface area (Å²) >= 11 is 5.87. The van der Waals surface area contributed by atoms with Crippen molar-refractivity contribution in [1.29, 1.82) is 0 Å². The van der Waals surface area contributed by atoms with Gasteiger partial charge in [0.2, 0.25) is 0 Å². The van der Waals surface area contributed by atoms with Crippen LogP contribution in [-0.2, 0) is 6.54 Å². The van der Waals surface area contributed by atoms with Crippen LogP contribution < -0.4 is 15.6 Å². The molecule has 1 amide bonds. The molecule has 1 aliphatic carbocycles. The second-order valence-electron chi connectivity index (χ2n) is 8.59. The van der Waals surface area contributed by atoms with E-state index in [2.05, 4.69) is 32.1 Å². The lowest BCUT2D eigenvalue weighted by Gasteiger charge is -2.46. The van der Waals surface area contributed by atoms with E-state index in [1.807, 2.05) is 12.3 Å². The Morgan fingerprint density at radius 2 is 2.12 bits per heavy atom. The summed E-state index contributed by atoms with van der Waals surface area (Å²) in [5.41, 5.74) is 2.50. The number of ether oxygens (including phenoxy) is 1. The van der Waals surface area contributed by atoms with Gasteiger partial charge in [0.1, 0.15) is 16.5 Å². The smallest absolute Gasteiger partial charge is 0.270 e. The molecule has 2 aliphatic rings. The van der Waals surface area contributed by atoms with Crippen LogP contribution in [0.1, 0.15) is 35.8 Å². The Morgan fingerprint density at radius 3 is 2.84 bits per heavy atom. The zero-order valence-corrected chi connectivity index (χ0v) is 18.4. The van der Waals surface area contributed by atoms with Crippen LogP contribution in [0.3, 0.4) is 0 Å². The fourth-order valence-corrected chi connectivity index (χ4v) is 4.04. The van der Waals surface area contributed by atoms with E-state index in [9.17, 15) is 9.59 Å². The van der Waals surface area contributed by atoms with Crippen molar-refractivity contribution < 1.29 is 9.53 Å². The van der Waals surface area contributed by atoms with Crippen molar-refractivity contribution in [2.24, 2.45) is 5.92 Å². The molecule has 1 saturated heterocycles. The first-order valence-corrected chi connectivity index (χ1v) is 11.2. The molecule has 2 atom stereocenters. The number of hydrogen-bond acceptors (Lipinski definition) is 6. The number of carbonyl (C=O) groups is 1. The van der Waals surface area contributed by atoms with Crippen molar-refractivity contribution in [3.05, 3.63) is 63.3 Å². The molecule has 8 nitrogen and oxygen atoms in total. The average molecular weight is 454 g/mol. The van der Waals surface area contributed by atoms with Gasteiger partial charge in [-0.25, -0.2) is 4.98 Å². The van der Waals surface area contributed by atoms with E-state index in [1.54, 1.807) is 24.4 Å². The molecule has 4 heterocycles. The number of hydrogen-bond donors (Lipinski definition) is 2. The number of nitrogens with zero attached hydrogens (tertiary/aromatic N) is 3. The third-order valence-corrected chi connectivity index (χ3v) is 6.44. The maximum absolute atomic E-state index is 12.0. The van der Waals surface area contributed by atoms with E-state index in [4.69, 9.17) is 16.3 Å². The van der Waals surface area contributed by atoms with E-state index in [-0.39, 0.29) is 16.5 Å². The molecule has 2 N–H and O–H groups in total. The molecular weight excluding hydrogens is 430 g/mol. The predicted molar refractivity (Wildman–Crippen MR) is 121 cm³/mol. The fraction of sp³-hybridized carbons (Fsp3) is 0.391. The Bertz CT molecular complexity index is 1210. The van der Waals surface area contributed by atoms with Crippen LogP contribution in [0.5, 0.6) is 5.75 Å². The summed E-state index contributed by atoms with van der Waals surface area (Å²) in [5.74, 6) is 0.942. The molecule has 166 valence electrons. The Hall–Kier alpha value is -2.97. The first-order chi connectivity index (χ1) is 15.5. The maximum Gasteiger partial charge on any atom is 0.270 e. The van der Waals surface area contributed by atoms with Gasteiger partial charge in [0.05, 0.1) is 23.8 Å². The van der Waals surface area contributed by atoms with Crippen LogP contribution in [0.2, 0.25) is 5.02 Å². The van der Waals surface area contributed by atoms with Crippen molar-refractivity contribution in [2.45, 2.75) is 38.4 Å². The Balaban J connectivity index is 1.12. The number of rotatable bonds is 7. The number of likely N-dealkylation sites (tertiary alicyclic amines) is 1. The number of H-pyrrole nitrogens is 1. The van der Waals surface area contributed by atoms with E-state index in [1.165, 1.54) is 0 Å². The highest BCUT2D eigenvalue weighted by molar-refractivity contribution is 6.30. The minimum absolute atomic E-state index is 0.127. The van der Waals surface area contributed by atoms with Gasteiger partial charge in [0.15, 0.2) is 0 Å². The number of halogens is 1. The van der Waals surface area contributed by atoms with Crippen LogP contribution in [0.25, 0.3) is 11.0 Å². The third kappa shape index (κ3) is 4.47. The molecule has 5 rings (SSSR count). The molecule has 0 spiro atoms. The lowest BCUT2D eigenvalue weighted by atomic mass is 9.90. The van der Waals surface area contributed by atoms with Crippen LogP contribution in [0.15, 0.2) is 41.5 Å². The summed E-state index contributed by atoms with van der Waals surface area (Å²) in [6.45, 7) is 4.43. The zero-order chi connectivity index (χ0) is 22.2. The molecule has 0 radical (unpaired) electrons. The van der Waals surface area contributed by atoms with Gasteiger partial charge in [-0.2, -0.15) is 0 Å². The van der Waals surface area contributed by atoms with E-state index < -0.39 is 0 Å². The fourth-order valence-electron chi connectivity index (χ4n) is 3.89. The van der Waals surface area contributed by atoms with Crippen molar-refractivity contribution in [3.63, 3.8) is 0 Å². The standard InChI is InChI=1S/C23H24ClN5O3/c1-13-15(12-32-17-4-5-19(26-9-17)23(31)27-16-2-3-16)11-29(13)10-14-6-21-20(25-8-14)7-18(24)22(30)28-21/h4-9,13,15-16H,2-3,10-12H2,1H3,(H,27,31)(H,28,30)/t13-,15?/m1/s1. The quantitative estimate of drug-likeness (QED) is 0.570. The van der Waals surface area contributed by atoms with Gasteiger partial charge in [0.25, 0.3) is 11.5 Å². The van der Waals surface area contributed by atoms with Crippen LogP contribution in [-0.4, -0.2) is 51.0 Å². The second-order valence-corrected chi connectivity index (χ2v) is 9.00. The van der Waals surface area contributed by atoms with Crippen LogP contribution >= 0.6 is 11.6 Å². The average Bonchev–Trinajstić information content (AvgIpc) is 3.60. The molecule has 32 heavy (non-hydrogen) atoms. The number of pyridine rings is 3. The normalized spacial score (nSPS) is 20.7. The van der Waals surface area contributed by atoms with Crippen LogP contribution in [0.4, 0.5) is 0 Å². The molecule has 3 aromatic rings. The molecule has 1 unspecified atom stereocenters. The number of fused-ring (bicyclic) bond motifs is 1. The lowest BCUT2D eigenvalue weighted by Crippen LogP contribution is -2.55. The molecular formula is C23H24ClN5O3. The van der Waals surface area contributed by atoms with Gasteiger partial charge in [-0.15, -0.1) is 0 Å². The minimum Gasteiger partial charge on any atom is -0.492 e. The first-order valence-electron chi connectivity index (χ1n) is 10.8. The third-order valence-electron chi connectivity index (χ3n) is 6.16. The Kier molecular flexibility index (Phi) is 5.57. The van der Waals surface area contributed by atoms with Crippen LogP contribution in [0, 0.1) is 5.92 Å². The van der Waals surface area contributed by atoms with Crippen molar-refractivity contribution in [3.8, 4) is 5.75 Å². The number of amides is 1. The van der Waals surface area contributed by atoms with Crippen molar-refractivity contribution in [1.82, 2.24) is 25.2 Å². The molecule has 0 aromatic carbocycles. The van der Waals surface area contributed by atoms with Gasteiger partial charge in [-0.3, -0.25) is 19.5 Å². The number of aromatic amines is 1. The summed E-state index contributed by atoms with van der Waals surface area (Å²) in [6, 6.07) is 7.70. The summed E-state index contributed by atoms with van der Waals surface area (Å²) in [5, 5.41) is 3.07. The summed E-state index contributed by atoms with van der Waals surface area (Å²) in [6.07, 6.45) is 5.53. The number of carbonyl (C=O) groups excluding carboxylic acids is 1. The molecule has 2 fully saturated rings. The van der Waals surface area contributed by atoms with Gasteiger partial charge in [0, 0.05) is 37.3 Å². The zero-order valence-electron chi connectivity index (χ0n) is 17.7. The summed E-state index contributed by atoms with van der Waals surface area (Å²) in [4.78, 5) is 37.5. The Labute approximate surface area is 190 Å².